The Labute approximate surface area is 102 Å². The molecule has 4 heteroatoms. The van der Waals surface area contributed by atoms with Crippen LogP contribution in [0.4, 0.5) is 0 Å². The summed E-state index contributed by atoms with van der Waals surface area (Å²) in [6, 6.07) is 0. The fraction of sp³-hybridized carbons (Fsp3) is 0.846. The quantitative estimate of drug-likeness (QED) is 0.691. The molecule has 17 heavy (non-hydrogen) atoms. The number of hydrogen-bond donors (Lipinski definition) is 0. The fourth-order valence-corrected chi connectivity index (χ4v) is 2.66. The Hall–Kier alpha value is -0.740. The van der Waals surface area contributed by atoms with Crippen molar-refractivity contribution in [1.29, 1.82) is 0 Å². The molecule has 0 aromatic rings. The maximum absolute atomic E-state index is 12.0. The number of carbonyl (C=O) groups excluding carboxylic acids is 2. The molecule has 1 saturated carbocycles. The Kier molecular flexibility index (Phi) is 3.12. The van der Waals surface area contributed by atoms with Crippen LogP contribution in [-0.4, -0.2) is 30.1 Å². The van der Waals surface area contributed by atoms with Crippen molar-refractivity contribution in [2.45, 2.75) is 58.3 Å². The molecule has 1 saturated heterocycles. The van der Waals surface area contributed by atoms with Gasteiger partial charge in [-0.1, -0.05) is 0 Å². The molecule has 0 radical (unpaired) electrons. The fourth-order valence-electron chi connectivity index (χ4n) is 2.66. The minimum atomic E-state index is -0.854. The van der Waals surface area contributed by atoms with Crippen LogP contribution in [0, 0.1) is 5.41 Å². The van der Waals surface area contributed by atoms with Gasteiger partial charge >= 0.3 is 0 Å². The third kappa shape index (κ3) is 2.43. The summed E-state index contributed by atoms with van der Waals surface area (Å²) < 4.78 is 11.2. The lowest BCUT2D eigenvalue weighted by atomic mass is 9.70. The number of Topliss-reactive ketones (excluding diaryl/α,β-unsaturated/α-hetero) is 2. The van der Waals surface area contributed by atoms with E-state index >= 15 is 0 Å². The van der Waals surface area contributed by atoms with Crippen LogP contribution in [0.5, 0.6) is 0 Å². The van der Waals surface area contributed by atoms with Gasteiger partial charge in [0.25, 0.3) is 0 Å². The summed E-state index contributed by atoms with van der Waals surface area (Å²) >= 11 is 0. The van der Waals surface area contributed by atoms with Gasteiger partial charge in [-0.15, -0.1) is 0 Å². The molecule has 0 amide bonds. The predicted octanol–water partition coefficient (Wildman–Crippen LogP) is 1.86. The zero-order valence-corrected chi connectivity index (χ0v) is 10.7. The minimum Gasteiger partial charge on any atom is -0.348 e. The molecule has 0 spiro atoms. The van der Waals surface area contributed by atoms with Gasteiger partial charge < -0.3 is 9.47 Å². The van der Waals surface area contributed by atoms with E-state index in [1.807, 2.05) is 13.8 Å². The second-order valence-electron chi connectivity index (χ2n) is 5.69. The molecule has 2 fully saturated rings. The first kappa shape index (κ1) is 12.7. The van der Waals surface area contributed by atoms with Gasteiger partial charge in [-0.2, -0.15) is 0 Å². The molecular weight excluding hydrogens is 220 g/mol. The van der Waals surface area contributed by atoms with E-state index in [0.29, 0.717) is 32.3 Å². The summed E-state index contributed by atoms with van der Waals surface area (Å²) in [7, 11) is 0. The number of ether oxygens (including phenoxy) is 2. The van der Waals surface area contributed by atoms with Gasteiger partial charge in [0.2, 0.25) is 0 Å². The van der Waals surface area contributed by atoms with E-state index in [2.05, 4.69) is 0 Å². The number of ketones is 2. The zero-order chi connectivity index (χ0) is 12.7. The van der Waals surface area contributed by atoms with E-state index in [-0.39, 0.29) is 17.7 Å². The average Bonchev–Trinajstić information content (AvgIpc) is 2.55. The molecule has 0 aromatic carbocycles. The highest BCUT2D eigenvalue weighted by Gasteiger charge is 2.46. The molecule has 1 heterocycles. The van der Waals surface area contributed by atoms with Crippen LogP contribution < -0.4 is 0 Å². The van der Waals surface area contributed by atoms with Crippen molar-refractivity contribution in [2.24, 2.45) is 5.41 Å². The van der Waals surface area contributed by atoms with Crippen LogP contribution in [0.25, 0.3) is 0 Å². The van der Waals surface area contributed by atoms with E-state index in [9.17, 15) is 9.59 Å². The van der Waals surface area contributed by atoms with Crippen LogP contribution in [0.1, 0.15) is 46.5 Å². The van der Waals surface area contributed by atoms with E-state index in [1.54, 1.807) is 6.92 Å². The lowest BCUT2D eigenvalue weighted by molar-refractivity contribution is -0.153. The Morgan fingerprint density at radius 2 is 1.76 bits per heavy atom. The first-order valence-electron chi connectivity index (χ1n) is 6.22. The summed E-state index contributed by atoms with van der Waals surface area (Å²) in [6.07, 6.45) is 2.02. The maximum atomic E-state index is 12.0. The molecule has 4 nitrogen and oxygen atoms in total. The smallest absolute Gasteiger partial charge is 0.163 e. The summed E-state index contributed by atoms with van der Waals surface area (Å²) in [5, 5.41) is 0. The van der Waals surface area contributed by atoms with Gasteiger partial charge in [0.05, 0.1) is 18.1 Å². The summed E-state index contributed by atoms with van der Waals surface area (Å²) in [5.74, 6) is -0.481. The molecule has 0 N–H and O–H groups in total. The summed E-state index contributed by atoms with van der Waals surface area (Å²) in [6.45, 7) is 5.91. The first-order valence-corrected chi connectivity index (χ1v) is 6.22. The van der Waals surface area contributed by atoms with E-state index in [0.717, 1.165) is 0 Å². The lowest BCUT2D eigenvalue weighted by Gasteiger charge is -2.32. The Morgan fingerprint density at radius 1 is 1.18 bits per heavy atom. The van der Waals surface area contributed by atoms with E-state index in [1.165, 1.54) is 0 Å². The van der Waals surface area contributed by atoms with Crippen molar-refractivity contribution in [2.75, 3.05) is 6.61 Å². The van der Waals surface area contributed by atoms with Gasteiger partial charge in [-0.3, -0.25) is 9.59 Å². The van der Waals surface area contributed by atoms with E-state index in [4.69, 9.17) is 9.47 Å². The molecule has 2 rings (SSSR count). The zero-order valence-electron chi connectivity index (χ0n) is 10.7. The van der Waals surface area contributed by atoms with Crippen LogP contribution in [0.15, 0.2) is 0 Å². The lowest BCUT2D eigenvalue weighted by Crippen LogP contribution is -2.43. The van der Waals surface area contributed by atoms with Crippen LogP contribution in [0.2, 0.25) is 0 Å². The highest BCUT2D eigenvalue weighted by atomic mass is 16.7. The van der Waals surface area contributed by atoms with Crippen molar-refractivity contribution in [3.8, 4) is 0 Å². The Morgan fingerprint density at radius 3 is 2.24 bits per heavy atom. The topological polar surface area (TPSA) is 52.6 Å². The maximum Gasteiger partial charge on any atom is 0.163 e. The number of carbonyl (C=O) groups is 2. The highest BCUT2D eigenvalue weighted by Crippen LogP contribution is 2.37. The Bertz CT molecular complexity index is 329. The van der Waals surface area contributed by atoms with Crippen LogP contribution in [0.3, 0.4) is 0 Å². The average molecular weight is 240 g/mol. The summed E-state index contributed by atoms with van der Waals surface area (Å²) in [4.78, 5) is 23.9. The second kappa shape index (κ2) is 4.18. The molecule has 0 aromatic heterocycles. The van der Waals surface area contributed by atoms with Crippen molar-refractivity contribution in [3.05, 3.63) is 0 Å². The van der Waals surface area contributed by atoms with Crippen molar-refractivity contribution < 1.29 is 19.1 Å². The van der Waals surface area contributed by atoms with Gasteiger partial charge in [0.15, 0.2) is 5.79 Å². The SMILES string of the molecule is CC1(C)OC[C@H](CC2(C)C(=O)CCCC2=O)O1. The highest BCUT2D eigenvalue weighted by molar-refractivity contribution is 6.08. The monoisotopic (exact) mass is 240 g/mol. The van der Waals surface area contributed by atoms with Gasteiger partial charge in [0, 0.05) is 12.8 Å². The predicted molar refractivity (Wildman–Crippen MR) is 61.5 cm³/mol. The first-order chi connectivity index (χ1) is 7.83. The number of hydrogen-bond acceptors (Lipinski definition) is 4. The van der Waals surface area contributed by atoms with Crippen molar-refractivity contribution in [3.63, 3.8) is 0 Å². The molecule has 0 unspecified atom stereocenters. The van der Waals surface area contributed by atoms with Crippen LogP contribution >= 0.6 is 0 Å². The van der Waals surface area contributed by atoms with Gasteiger partial charge in [-0.25, -0.2) is 0 Å². The largest absolute Gasteiger partial charge is 0.348 e. The number of rotatable bonds is 2. The molecule has 96 valence electrons. The molecule has 1 aliphatic carbocycles. The molecular formula is C13H20O4. The Balaban J connectivity index is 2.06. The molecule has 0 bridgehead atoms. The minimum absolute atomic E-state index is 0.0575. The van der Waals surface area contributed by atoms with Gasteiger partial charge in [-0.05, 0) is 33.6 Å². The molecule has 1 atom stereocenters. The normalized spacial score (nSPS) is 31.8. The third-order valence-electron chi connectivity index (χ3n) is 3.74. The van der Waals surface area contributed by atoms with Crippen molar-refractivity contribution >= 4 is 11.6 Å². The summed E-state index contributed by atoms with van der Waals surface area (Å²) in [5.41, 5.74) is -0.854. The van der Waals surface area contributed by atoms with E-state index < -0.39 is 11.2 Å². The third-order valence-corrected chi connectivity index (χ3v) is 3.74. The van der Waals surface area contributed by atoms with Gasteiger partial charge in [0.1, 0.15) is 11.6 Å². The molecule has 2 aliphatic rings. The van der Waals surface area contributed by atoms with Crippen molar-refractivity contribution in [1.82, 2.24) is 0 Å². The standard InChI is InChI=1S/C13H20O4/c1-12(2)16-8-9(17-12)7-13(3)10(14)5-4-6-11(13)15/h9H,4-8H2,1-3H3/t9-/m0/s1. The molecule has 1 aliphatic heterocycles. The van der Waals surface area contributed by atoms with Crippen LogP contribution in [-0.2, 0) is 19.1 Å². The second-order valence-corrected chi connectivity index (χ2v) is 5.69.